The summed E-state index contributed by atoms with van der Waals surface area (Å²) in [5, 5.41) is 0. The molecule has 1 aliphatic heterocycles. The molecule has 1 atom stereocenters. The second-order valence-electron chi connectivity index (χ2n) is 7.70. The molecule has 0 aromatic heterocycles. The van der Waals surface area contributed by atoms with Crippen molar-refractivity contribution in [3.8, 4) is 0 Å². The summed E-state index contributed by atoms with van der Waals surface area (Å²) in [7, 11) is 0. The van der Waals surface area contributed by atoms with Gasteiger partial charge in [0.05, 0.1) is 5.56 Å². The zero-order chi connectivity index (χ0) is 21.0. The van der Waals surface area contributed by atoms with Gasteiger partial charge in [0.2, 0.25) is 0 Å². The van der Waals surface area contributed by atoms with E-state index in [0.29, 0.717) is 12.1 Å². The smallest absolute Gasteiger partial charge is 0.339 e. The van der Waals surface area contributed by atoms with Crippen LogP contribution in [0.5, 0.6) is 0 Å². The van der Waals surface area contributed by atoms with E-state index in [1.54, 1.807) is 29.2 Å². The molecule has 1 saturated heterocycles. The molecule has 1 heterocycles. The lowest BCUT2D eigenvalue weighted by Crippen LogP contribution is -2.44. The van der Waals surface area contributed by atoms with Crippen LogP contribution in [-0.4, -0.2) is 41.8 Å². The maximum Gasteiger partial charge on any atom is 0.339 e. The highest BCUT2D eigenvalue weighted by Gasteiger charge is 2.25. The van der Waals surface area contributed by atoms with E-state index in [-0.39, 0.29) is 35.5 Å². The molecule has 0 radical (unpaired) electrons. The molecule has 2 aromatic rings. The quantitative estimate of drug-likeness (QED) is 0.567. The van der Waals surface area contributed by atoms with Gasteiger partial charge in [0.15, 0.2) is 12.4 Å². The minimum Gasteiger partial charge on any atom is -0.452 e. The first-order valence-electron chi connectivity index (χ1n) is 10.1. The van der Waals surface area contributed by atoms with E-state index in [2.05, 4.69) is 0 Å². The Hall–Kier alpha value is -2.95. The van der Waals surface area contributed by atoms with Crippen molar-refractivity contribution < 1.29 is 19.1 Å². The number of ether oxygens (including phenoxy) is 1. The van der Waals surface area contributed by atoms with E-state index in [1.807, 2.05) is 39.0 Å². The molecule has 5 heteroatoms. The molecule has 0 aliphatic carbocycles. The van der Waals surface area contributed by atoms with Crippen LogP contribution in [0.4, 0.5) is 0 Å². The predicted molar refractivity (Wildman–Crippen MR) is 111 cm³/mol. The minimum absolute atomic E-state index is 0.160. The summed E-state index contributed by atoms with van der Waals surface area (Å²) in [6.45, 7) is 6.18. The lowest BCUT2D eigenvalue weighted by atomic mass is 9.94. The van der Waals surface area contributed by atoms with Crippen LogP contribution in [-0.2, 0) is 9.53 Å². The molecular weight excluding hydrogens is 366 g/mol. The van der Waals surface area contributed by atoms with Crippen molar-refractivity contribution in [2.45, 2.75) is 46.1 Å². The van der Waals surface area contributed by atoms with Gasteiger partial charge in [-0.25, -0.2) is 4.79 Å². The van der Waals surface area contributed by atoms with Gasteiger partial charge in [-0.3, -0.25) is 9.59 Å². The standard InChI is InChI=1S/C24H27NO4/c1-16-11-12-17(2)21(14-16)23(27)19-9-4-5-10-20(19)24(28)29-15-22(26)25-13-7-6-8-18(25)3/h4-5,9-12,14,18H,6-8,13,15H2,1-3H3/t18-/m0/s1. The summed E-state index contributed by atoms with van der Waals surface area (Å²) < 4.78 is 5.29. The minimum atomic E-state index is -0.655. The van der Waals surface area contributed by atoms with E-state index < -0.39 is 5.97 Å². The third-order valence-corrected chi connectivity index (χ3v) is 5.48. The van der Waals surface area contributed by atoms with Crippen LogP contribution < -0.4 is 0 Å². The number of piperidine rings is 1. The third kappa shape index (κ3) is 4.73. The number of aryl methyl sites for hydroxylation is 2. The van der Waals surface area contributed by atoms with Gasteiger partial charge in [-0.1, -0.05) is 35.9 Å². The SMILES string of the molecule is Cc1ccc(C)c(C(=O)c2ccccc2C(=O)OCC(=O)N2CCCC[C@@H]2C)c1. The van der Waals surface area contributed by atoms with Crippen LogP contribution in [0.2, 0.25) is 0 Å². The Balaban J connectivity index is 1.76. The zero-order valence-electron chi connectivity index (χ0n) is 17.2. The fourth-order valence-electron chi connectivity index (χ4n) is 3.74. The van der Waals surface area contributed by atoms with E-state index in [4.69, 9.17) is 4.74 Å². The Morgan fingerprint density at radius 1 is 1.00 bits per heavy atom. The molecule has 1 fully saturated rings. The van der Waals surface area contributed by atoms with Crippen LogP contribution >= 0.6 is 0 Å². The molecule has 0 bridgehead atoms. The van der Waals surface area contributed by atoms with Gasteiger partial charge >= 0.3 is 5.97 Å². The second-order valence-corrected chi connectivity index (χ2v) is 7.70. The summed E-state index contributed by atoms with van der Waals surface area (Å²) in [5.74, 6) is -1.07. The molecular formula is C24H27NO4. The van der Waals surface area contributed by atoms with Crippen LogP contribution in [0.25, 0.3) is 0 Å². The van der Waals surface area contributed by atoms with Gasteiger partial charge < -0.3 is 9.64 Å². The zero-order valence-corrected chi connectivity index (χ0v) is 17.2. The lowest BCUT2D eigenvalue weighted by Gasteiger charge is -2.33. The number of likely N-dealkylation sites (tertiary alicyclic amines) is 1. The topological polar surface area (TPSA) is 63.7 Å². The number of nitrogens with zero attached hydrogens (tertiary/aromatic N) is 1. The monoisotopic (exact) mass is 393 g/mol. The van der Waals surface area contributed by atoms with Crippen LogP contribution in [0, 0.1) is 13.8 Å². The van der Waals surface area contributed by atoms with Crippen LogP contribution in [0.15, 0.2) is 42.5 Å². The van der Waals surface area contributed by atoms with Crippen molar-refractivity contribution in [2.24, 2.45) is 0 Å². The summed E-state index contributed by atoms with van der Waals surface area (Å²) >= 11 is 0. The van der Waals surface area contributed by atoms with E-state index >= 15 is 0 Å². The highest BCUT2D eigenvalue weighted by atomic mass is 16.5. The highest BCUT2D eigenvalue weighted by molar-refractivity contribution is 6.15. The number of ketones is 1. The fraction of sp³-hybridized carbons (Fsp3) is 0.375. The molecule has 3 rings (SSSR count). The van der Waals surface area contributed by atoms with Gasteiger partial charge in [0.25, 0.3) is 5.91 Å². The summed E-state index contributed by atoms with van der Waals surface area (Å²) in [5.41, 5.74) is 2.84. The van der Waals surface area contributed by atoms with Gasteiger partial charge in [-0.15, -0.1) is 0 Å². The van der Waals surface area contributed by atoms with Crippen molar-refractivity contribution in [1.29, 1.82) is 0 Å². The van der Waals surface area contributed by atoms with E-state index in [0.717, 1.165) is 30.4 Å². The predicted octanol–water partition coefficient (Wildman–Crippen LogP) is 4.09. The van der Waals surface area contributed by atoms with Gasteiger partial charge in [0, 0.05) is 23.7 Å². The average molecular weight is 393 g/mol. The fourth-order valence-corrected chi connectivity index (χ4v) is 3.74. The first-order valence-corrected chi connectivity index (χ1v) is 10.1. The molecule has 1 aliphatic rings. The van der Waals surface area contributed by atoms with Gasteiger partial charge in [0.1, 0.15) is 0 Å². The first kappa shape index (κ1) is 20.8. The number of hydrogen-bond acceptors (Lipinski definition) is 4. The van der Waals surface area contributed by atoms with Crippen molar-refractivity contribution in [1.82, 2.24) is 4.90 Å². The summed E-state index contributed by atoms with van der Waals surface area (Å²) in [4.78, 5) is 40.0. The number of esters is 1. The van der Waals surface area contributed by atoms with Crippen LogP contribution in [0.3, 0.4) is 0 Å². The number of carbonyl (C=O) groups excluding carboxylic acids is 3. The van der Waals surface area contributed by atoms with Crippen LogP contribution in [0.1, 0.15) is 63.6 Å². The Bertz CT molecular complexity index is 934. The van der Waals surface area contributed by atoms with Crippen molar-refractivity contribution in [2.75, 3.05) is 13.2 Å². The Morgan fingerprint density at radius 3 is 2.45 bits per heavy atom. The van der Waals surface area contributed by atoms with Crippen molar-refractivity contribution in [3.05, 3.63) is 70.3 Å². The average Bonchev–Trinajstić information content (AvgIpc) is 2.73. The van der Waals surface area contributed by atoms with E-state index in [1.165, 1.54) is 0 Å². The highest BCUT2D eigenvalue weighted by Crippen LogP contribution is 2.20. The second kappa shape index (κ2) is 9.03. The number of carbonyl (C=O) groups is 3. The normalized spacial score (nSPS) is 16.4. The first-order chi connectivity index (χ1) is 13.9. The largest absolute Gasteiger partial charge is 0.452 e. The molecule has 0 saturated carbocycles. The molecule has 0 spiro atoms. The summed E-state index contributed by atoms with van der Waals surface area (Å²) in [6, 6.07) is 12.4. The number of rotatable bonds is 5. The van der Waals surface area contributed by atoms with Gasteiger partial charge in [-0.2, -0.15) is 0 Å². The Morgan fingerprint density at radius 2 is 1.72 bits per heavy atom. The van der Waals surface area contributed by atoms with Crippen molar-refractivity contribution in [3.63, 3.8) is 0 Å². The molecule has 2 aromatic carbocycles. The van der Waals surface area contributed by atoms with Gasteiger partial charge in [-0.05, 0) is 57.7 Å². The Kier molecular flexibility index (Phi) is 6.47. The molecule has 0 unspecified atom stereocenters. The van der Waals surface area contributed by atoms with E-state index in [9.17, 15) is 14.4 Å². The lowest BCUT2D eigenvalue weighted by molar-refractivity contribution is -0.137. The number of hydrogen-bond donors (Lipinski definition) is 0. The maximum atomic E-state index is 13.1. The third-order valence-electron chi connectivity index (χ3n) is 5.48. The Labute approximate surface area is 171 Å². The molecule has 29 heavy (non-hydrogen) atoms. The molecule has 1 amide bonds. The maximum absolute atomic E-state index is 13.1. The number of benzene rings is 2. The summed E-state index contributed by atoms with van der Waals surface area (Å²) in [6.07, 6.45) is 3.04. The molecule has 152 valence electrons. The molecule has 0 N–H and O–H groups in total. The van der Waals surface area contributed by atoms with Crippen molar-refractivity contribution >= 4 is 17.7 Å². The number of amides is 1. The molecule has 5 nitrogen and oxygen atoms in total.